The summed E-state index contributed by atoms with van der Waals surface area (Å²) in [5.74, 6) is -0.183. The second-order valence-corrected chi connectivity index (χ2v) is 4.18. The van der Waals surface area contributed by atoms with Gasteiger partial charge in [-0.3, -0.25) is 4.98 Å². The van der Waals surface area contributed by atoms with Crippen molar-refractivity contribution in [3.8, 4) is 17.1 Å². The molecule has 0 aliphatic rings. The Morgan fingerprint density at radius 3 is 2.89 bits per heavy atom. The minimum Gasteiger partial charge on any atom is -0.507 e. The fourth-order valence-corrected chi connectivity index (χ4v) is 2.23. The molecule has 5 heteroatoms. The molecular formula is C14H12FN3O. The Kier molecular flexibility index (Phi) is 2.67. The van der Waals surface area contributed by atoms with E-state index in [0.29, 0.717) is 17.9 Å². The summed E-state index contributed by atoms with van der Waals surface area (Å²) in [6, 6.07) is 6.06. The van der Waals surface area contributed by atoms with Crippen molar-refractivity contribution in [2.45, 2.75) is 13.5 Å². The number of pyridine rings is 1. The van der Waals surface area contributed by atoms with Crippen molar-refractivity contribution >= 4 is 11.0 Å². The van der Waals surface area contributed by atoms with E-state index in [1.54, 1.807) is 12.4 Å². The third-order valence-electron chi connectivity index (χ3n) is 3.08. The maximum Gasteiger partial charge on any atom is 0.147 e. The molecule has 0 bridgehead atoms. The molecule has 3 rings (SSSR count). The Hall–Kier alpha value is -2.43. The van der Waals surface area contributed by atoms with Crippen LogP contribution < -0.4 is 0 Å². The van der Waals surface area contributed by atoms with E-state index in [9.17, 15) is 9.50 Å². The standard InChI is InChI=1S/C14H12FN3O/c1-2-18-11-6-7-16-8-10(11)17-14(18)13-9(15)4-3-5-12(13)19/h3-8,19H,2H2,1H3. The highest BCUT2D eigenvalue weighted by Gasteiger charge is 2.18. The maximum absolute atomic E-state index is 14.0. The number of phenolic OH excluding ortho intramolecular Hbond substituents is 1. The highest BCUT2D eigenvalue weighted by molar-refractivity contribution is 5.81. The molecule has 0 atom stereocenters. The van der Waals surface area contributed by atoms with Crippen molar-refractivity contribution in [2.24, 2.45) is 0 Å². The van der Waals surface area contributed by atoms with Gasteiger partial charge in [0.2, 0.25) is 0 Å². The van der Waals surface area contributed by atoms with Crippen LogP contribution in [0, 0.1) is 5.82 Å². The van der Waals surface area contributed by atoms with E-state index in [2.05, 4.69) is 9.97 Å². The van der Waals surface area contributed by atoms with Crippen LogP contribution in [0.1, 0.15) is 6.92 Å². The minimum absolute atomic E-state index is 0.113. The van der Waals surface area contributed by atoms with E-state index in [1.807, 2.05) is 17.6 Å². The van der Waals surface area contributed by atoms with E-state index < -0.39 is 5.82 Å². The lowest BCUT2D eigenvalue weighted by Crippen LogP contribution is -1.99. The van der Waals surface area contributed by atoms with Gasteiger partial charge in [0.05, 0.1) is 17.3 Å². The van der Waals surface area contributed by atoms with Gasteiger partial charge in [-0.25, -0.2) is 9.37 Å². The molecule has 0 spiro atoms. The van der Waals surface area contributed by atoms with Gasteiger partial charge in [0.15, 0.2) is 0 Å². The zero-order valence-electron chi connectivity index (χ0n) is 10.3. The smallest absolute Gasteiger partial charge is 0.147 e. The monoisotopic (exact) mass is 257 g/mol. The first-order valence-electron chi connectivity index (χ1n) is 6.00. The number of hydrogen-bond acceptors (Lipinski definition) is 3. The van der Waals surface area contributed by atoms with E-state index in [4.69, 9.17) is 0 Å². The average Bonchev–Trinajstić information content (AvgIpc) is 2.76. The van der Waals surface area contributed by atoms with Crippen molar-refractivity contribution in [1.29, 1.82) is 0 Å². The van der Waals surface area contributed by atoms with Crippen LogP contribution in [0.2, 0.25) is 0 Å². The van der Waals surface area contributed by atoms with Crippen LogP contribution in [0.25, 0.3) is 22.4 Å². The number of aromatic hydroxyl groups is 1. The van der Waals surface area contributed by atoms with Gasteiger partial charge in [-0.2, -0.15) is 0 Å². The molecule has 0 unspecified atom stereocenters. The lowest BCUT2D eigenvalue weighted by Gasteiger charge is -2.08. The van der Waals surface area contributed by atoms with Gasteiger partial charge in [-0.05, 0) is 25.1 Å². The molecule has 0 fully saturated rings. The Morgan fingerprint density at radius 2 is 2.16 bits per heavy atom. The normalized spacial score (nSPS) is 11.1. The molecule has 96 valence electrons. The summed E-state index contributed by atoms with van der Waals surface area (Å²) in [5, 5.41) is 9.88. The number of benzene rings is 1. The van der Waals surface area contributed by atoms with Gasteiger partial charge in [-0.1, -0.05) is 6.07 Å². The van der Waals surface area contributed by atoms with Gasteiger partial charge in [0, 0.05) is 12.7 Å². The van der Waals surface area contributed by atoms with Crippen LogP contribution in [-0.4, -0.2) is 19.6 Å². The number of aryl methyl sites for hydroxylation is 1. The van der Waals surface area contributed by atoms with E-state index >= 15 is 0 Å². The summed E-state index contributed by atoms with van der Waals surface area (Å²) < 4.78 is 15.8. The predicted octanol–water partition coefficient (Wildman–Crippen LogP) is 2.96. The number of phenols is 1. The number of aromatic nitrogens is 3. The SMILES string of the molecule is CCn1c(-c2c(O)cccc2F)nc2cnccc21. The Bertz CT molecular complexity index is 731. The number of imidazole rings is 1. The van der Waals surface area contributed by atoms with Crippen LogP contribution in [0.15, 0.2) is 36.7 Å². The summed E-state index contributed by atoms with van der Waals surface area (Å²) in [5.41, 5.74) is 1.68. The molecule has 4 nitrogen and oxygen atoms in total. The second-order valence-electron chi connectivity index (χ2n) is 4.18. The molecule has 0 aliphatic carbocycles. The topological polar surface area (TPSA) is 50.9 Å². The lowest BCUT2D eigenvalue weighted by molar-refractivity contribution is 0.471. The predicted molar refractivity (Wildman–Crippen MR) is 70.3 cm³/mol. The minimum atomic E-state index is -0.488. The molecule has 3 aromatic rings. The number of hydrogen-bond donors (Lipinski definition) is 1. The zero-order valence-corrected chi connectivity index (χ0v) is 10.3. The van der Waals surface area contributed by atoms with Gasteiger partial charge in [0.1, 0.15) is 22.9 Å². The van der Waals surface area contributed by atoms with E-state index in [1.165, 1.54) is 18.2 Å². The molecule has 2 heterocycles. The number of fused-ring (bicyclic) bond motifs is 1. The van der Waals surface area contributed by atoms with Gasteiger partial charge in [0.25, 0.3) is 0 Å². The highest BCUT2D eigenvalue weighted by atomic mass is 19.1. The van der Waals surface area contributed by atoms with Crippen LogP contribution in [0.3, 0.4) is 0 Å². The summed E-state index contributed by atoms with van der Waals surface area (Å²) in [6.45, 7) is 2.58. The van der Waals surface area contributed by atoms with Crippen LogP contribution in [0.4, 0.5) is 4.39 Å². The molecule has 2 aromatic heterocycles. The fraction of sp³-hybridized carbons (Fsp3) is 0.143. The van der Waals surface area contributed by atoms with Crippen LogP contribution in [-0.2, 0) is 6.54 Å². The molecule has 0 radical (unpaired) electrons. The highest BCUT2D eigenvalue weighted by Crippen LogP contribution is 2.33. The fourth-order valence-electron chi connectivity index (χ4n) is 2.23. The second kappa shape index (κ2) is 4.35. The molecule has 0 saturated carbocycles. The quantitative estimate of drug-likeness (QED) is 0.767. The number of nitrogens with zero attached hydrogens (tertiary/aromatic N) is 3. The van der Waals surface area contributed by atoms with Crippen molar-refractivity contribution in [1.82, 2.24) is 14.5 Å². The Morgan fingerprint density at radius 1 is 1.32 bits per heavy atom. The number of rotatable bonds is 2. The Labute approximate surface area is 109 Å². The molecule has 0 amide bonds. The third kappa shape index (κ3) is 1.74. The summed E-state index contributed by atoms with van der Waals surface area (Å²) >= 11 is 0. The van der Waals surface area contributed by atoms with Gasteiger partial charge >= 0.3 is 0 Å². The first-order valence-corrected chi connectivity index (χ1v) is 6.00. The van der Waals surface area contributed by atoms with Crippen molar-refractivity contribution in [2.75, 3.05) is 0 Å². The largest absolute Gasteiger partial charge is 0.507 e. The lowest BCUT2D eigenvalue weighted by atomic mass is 10.1. The van der Waals surface area contributed by atoms with Crippen molar-refractivity contribution in [3.63, 3.8) is 0 Å². The summed E-state index contributed by atoms with van der Waals surface area (Å²) in [7, 11) is 0. The maximum atomic E-state index is 14.0. The molecule has 0 saturated heterocycles. The van der Waals surface area contributed by atoms with E-state index in [0.717, 1.165) is 5.52 Å². The average molecular weight is 257 g/mol. The van der Waals surface area contributed by atoms with E-state index in [-0.39, 0.29) is 11.3 Å². The number of halogens is 1. The van der Waals surface area contributed by atoms with Gasteiger partial charge in [-0.15, -0.1) is 0 Å². The molecule has 1 aromatic carbocycles. The first kappa shape index (κ1) is 11.6. The van der Waals surface area contributed by atoms with Crippen molar-refractivity contribution in [3.05, 3.63) is 42.5 Å². The Balaban J connectivity index is 2.37. The summed E-state index contributed by atoms with van der Waals surface area (Å²) in [6.07, 6.45) is 3.30. The molecule has 1 N–H and O–H groups in total. The van der Waals surface area contributed by atoms with Crippen LogP contribution >= 0.6 is 0 Å². The zero-order chi connectivity index (χ0) is 13.4. The first-order chi connectivity index (χ1) is 9.22. The molecule has 0 aliphatic heterocycles. The summed E-state index contributed by atoms with van der Waals surface area (Å²) in [4.78, 5) is 8.38. The van der Waals surface area contributed by atoms with Crippen LogP contribution in [0.5, 0.6) is 5.75 Å². The van der Waals surface area contributed by atoms with Crippen molar-refractivity contribution < 1.29 is 9.50 Å². The third-order valence-corrected chi connectivity index (χ3v) is 3.08. The molecular weight excluding hydrogens is 245 g/mol. The van der Waals surface area contributed by atoms with Gasteiger partial charge < -0.3 is 9.67 Å². The molecule has 19 heavy (non-hydrogen) atoms.